The Labute approximate surface area is 112 Å². The van der Waals surface area contributed by atoms with Crippen LogP contribution in [0.25, 0.3) is 0 Å². The van der Waals surface area contributed by atoms with Gasteiger partial charge in [-0.05, 0) is 19.8 Å². The third-order valence-corrected chi connectivity index (χ3v) is 2.10. The minimum absolute atomic E-state index is 0.0224. The van der Waals surface area contributed by atoms with Crippen LogP contribution in [0.1, 0.15) is 32.6 Å². The minimum atomic E-state index is -0.807. The van der Waals surface area contributed by atoms with Gasteiger partial charge in [-0.15, -0.1) is 0 Å². The molecule has 0 aromatic carbocycles. The van der Waals surface area contributed by atoms with Crippen molar-refractivity contribution in [2.75, 3.05) is 26.4 Å². The maximum absolute atomic E-state index is 11.1. The molecule has 0 heterocycles. The molecule has 19 heavy (non-hydrogen) atoms. The maximum atomic E-state index is 11.1. The van der Waals surface area contributed by atoms with Crippen LogP contribution >= 0.6 is 0 Å². The van der Waals surface area contributed by atoms with Crippen LogP contribution in [0.2, 0.25) is 0 Å². The zero-order valence-corrected chi connectivity index (χ0v) is 11.1. The fourth-order valence-corrected chi connectivity index (χ4v) is 1.23. The standard InChI is InChI=1S/C12H21NO6/c1-10(14)9-18-7-8-19-12(17)13-6-4-2-3-5-11(15)16/h2-9H2,1H3,(H,13,17)(H,15,16). The van der Waals surface area contributed by atoms with E-state index in [1.54, 1.807) is 0 Å². The molecule has 0 saturated carbocycles. The molecule has 0 fully saturated rings. The molecular weight excluding hydrogens is 254 g/mol. The first kappa shape index (κ1) is 17.4. The molecule has 0 saturated heterocycles. The van der Waals surface area contributed by atoms with Crippen LogP contribution in [-0.2, 0) is 19.1 Å². The van der Waals surface area contributed by atoms with Crippen molar-refractivity contribution in [2.45, 2.75) is 32.6 Å². The van der Waals surface area contributed by atoms with Crippen LogP contribution in [0, 0.1) is 0 Å². The van der Waals surface area contributed by atoms with E-state index in [0.29, 0.717) is 19.4 Å². The maximum Gasteiger partial charge on any atom is 0.407 e. The summed E-state index contributed by atoms with van der Waals surface area (Å²) in [7, 11) is 0. The number of carboxylic acids is 1. The molecule has 0 radical (unpaired) electrons. The Hall–Kier alpha value is -1.63. The number of ether oxygens (including phenoxy) is 2. The van der Waals surface area contributed by atoms with E-state index in [2.05, 4.69) is 5.32 Å². The summed E-state index contributed by atoms with van der Waals surface area (Å²) in [4.78, 5) is 31.9. The summed E-state index contributed by atoms with van der Waals surface area (Å²) in [5, 5.41) is 11.0. The monoisotopic (exact) mass is 275 g/mol. The molecule has 0 aromatic rings. The first-order valence-corrected chi connectivity index (χ1v) is 6.22. The second kappa shape index (κ2) is 11.5. The summed E-state index contributed by atoms with van der Waals surface area (Å²) in [6.45, 7) is 2.17. The Morgan fingerprint density at radius 2 is 1.84 bits per heavy atom. The van der Waals surface area contributed by atoms with Crippen LogP contribution in [0.5, 0.6) is 0 Å². The molecule has 0 atom stereocenters. The van der Waals surface area contributed by atoms with Gasteiger partial charge in [0.15, 0.2) is 5.78 Å². The normalized spacial score (nSPS) is 9.95. The predicted octanol–water partition coefficient (Wildman–Crippen LogP) is 0.963. The van der Waals surface area contributed by atoms with Crippen LogP contribution in [-0.4, -0.2) is 49.3 Å². The van der Waals surface area contributed by atoms with Gasteiger partial charge in [0.2, 0.25) is 0 Å². The molecule has 110 valence electrons. The molecule has 0 spiro atoms. The molecule has 0 bridgehead atoms. The van der Waals surface area contributed by atoms with Gasteiger partial charge < -0.3 is 19.9 Å². The summed E-state index contributed by atoms with van der Waals surface area (Å²) in [5.41, 5.74) is 0. The van der Waals surface area contributed by atoms with Crippen molar-refractivity contribution in [1.29, 1.82) is 0 Å². The van der Waals surface area contributed by atoms with Crippen molar-refractivity contribution in [3.63, 3.8) is 0 Å². The average Bonchev–Trinajstić information content (AvgIpc) is 2.32. The van der Waals surface area contributed by atoms with E-state index in [-0.39, 0.29) is 32.0 Å². The van der Waals surface area contributed by atoms with E-state index in [1.807, 2.05) is 0 Å². The highest BCUT2D eigenvalue weighted by Gasteiger charge is 2.01. The van der Waals surface area contributed by atoms with Gasteiger partial charge in [-0.2, -0.15) is 0 Å². The fourth-order valence-electron chi connectivity index (χ4n) is 1.23. The first-order chi connectivity index (χ1) is 9.02. The number of hydrogen-bond acceptors (Lipinski definition) is 5. The molecule has 7 heteroatoms. The molecular formula is C12H21NO6. The van der Waals surface area contributed by atoms with Gasteiger partial charge in [0.05, 0.1) is 6.61 Å². The largest absolute Gasteiger partial charge is 0.481 e. The third kappa shape index (κ3) is 14.3. The van der Waals surface area contributed by atoms with Crippen LogP contribution < -0.4 is 5.32 Å². The summed E-state index contributed by atoms with van der Waals surface area (Å²) in [5.74, 6) is -0.885. The number of carbonyl (C=O) groups excluding carboxylic acids is 2. The zero-order valence-electron chi connectivity index (χ0n) is 11.1. The lowest BCUT2D eigenvalue weighted by molar-refractivity contribution is -0.137. The van der Waals surface area contributed by atoms with Crippen molar-refractivity contribution in [1.82, 2.24) is 5.32 Å². The van der Waals surface area contributed by atoms with Crippen molar-refractivity contribution < 1.29 is 29.0 Å². The van der Waals surface area contributed by atoms with Crippen molar-refractivity contribution in [2.24, 2.45) is 0 Å². The van der Waals surface area contributed by atoms with Gasteiger partial charge in [-0.1, -0.05) is 6.42 Å². The lowest BCUT2D eigenvalue weighted by Gasteiger charge is -2.06. The molecule has 0 rings (SSSR count). The molecule has 7 nitrogen and oxygen atoms in total. The number of rotatable bonds is 11. The van der Waals surface area contributed by atoms with E-state index in [4.69, 9.17) is 14.6 Å². The van der Waals surface area contributed by atoms with Crippen molar-refractivity contribution in [3.05, 3.63) is 0 Å². The molecule has 0 aliphatic carbocycles. The summed E-state index contributed by atoms with van der Waals surface area (Å²) >= 11 is 0. The Morgan fingerprint density at radius 3 is 2.47 bits per heavy atom. The molecule has 1 amide bonds. The number of carboxylic acid groups (broad SMARTS) is 1. The van der Waals surface area contributed by atoms with Gasteiger partial charge in [-0.3, -0.25) is 9.59 Å². The molecule has 0 unspecified atom stereocenters. The Morgan fingerprint density at radius 1 is 1.11 bits per heavy atom. The summed E-state index contributed by atoms with van der Waals surface area (Å²) in [6.07, 6.45) is 1.67. The Kier molecular flexibility index (Phi) is 10.5. The summed E-state index contributed by atoms with van der Waals surface area (Å²) in [6, 6.07) is 0. The van der Waals surface area contributed by atoms with E-state index >= 15 is 0 Å². The zero-order chi connectivity index (χ0) is 14.5. The number of ketones is 1. The Balaban J connectivity index is 3.26. The average molecular weight is 275 g/mol. The molecule has 2 N–H and O–H groups in total. The predicted molar refractivity (Wildman–Crippen MR) is 67.0 cm³/mol. The number of aliphatic carboxylic acids is 1. The summed E-state index contributed by atoms with van der Waals surface area (Å²) < 4.78 is 9.70. The van der Waals surface area contributed by atoms with Gasteiger partial charge >= 0.3 is 12.1 Å². The van der Waals surface area contributed by atoms with Gasteiger partial charge in [0.25, 0.3) is 0 Å². The van der Waals surface area contributed by atoms with Gasteiger partial charge in [0, 0.05) is 13.0 Å². The van der Waals surface area contributed by atoms with E-state index in [9.17, 15) is 14.4 Å². The molecule has 0 aromatic heterocycles. The van der Waals surface area contributed by atoms with Gasteiger partial charge in [-0.25, -0.2) is 4.79 Å². The highest BCUT2D eigenvalue weighted by molar-refractivity contribution is 5.76. The second-order valence-electron chi connectivity index (χ2n) is 4.02. The quantitative estimate of drug-likeness (QED) is 0.545. The van der Waals surface area contributed by atoms with Crippen molar-refractivity contribution in [3.8, 4) is 0 Å². The third-order valence-electron chi connectivity index (χ3n) is 2.10. The van der Waals surface area contributed by atoms with E-state index in [0.717, 1.165) is 6.42 Å². The van der Waals surface area contributed by atoms with Crippen LogP contribution in [0.4, 0.5) is 4.79 Å². The molecule has 0 aliphatic heterocycles. The van der Waals surface area contributed by atoms with Crippen LogP contribution in [0.3, 0.4) is 0 Å². The minimum Gasteiger partial charge on any atom is -0.481 e. The number of hydrogen-bond donors (Lipinski definition) is 2. The smallest absolute Gasteiger partial charge is 0.407 e. The van der Waals surface area contributed by atoms with E-state index < -0.39 is 12.1 Å². The van der Waals surface area contributed by atoms with Crippen molar-refractivity contribution >= 4 is 17.8 Å². The SMILES string of the molecule is CC(=O)COCCOC(=O)NCCCCCC(=O)O. The van der Waals surface area contributed by atoms with E-state index in [1.165, 1.54) is 6.92 Å². The van der Waals surface area contributed by atoms with Gasteiger partial charge in [0.1, 0.15) is 13.2 Å². The number of unbranched alkanes of at least 4 members (excludes halogenated alkanes) is 2. The first-order valence-electron chi connectivity index (χ1n) is 6.22. The number of carbonyl (C=O) groups is 3. The lowest BCUT2D eigenvalue weighted by atomic mass is 10.2. The number of alkyl carbamates (subject to hydrolysis) is 1. The fraction of sp³-hybridized carbons (Fsp3) is 0.750. The lowest BCUT2D eigenvalue weighted by Crippen LogP contribution is -2.26. The number of amides is 1. The molecule has 0 aliphatic rings. The second-order valence-corrected chi connectivity index (χ2v) is 4.02. The number of Topliss-reactive ketones (excluding diaryl/α,β-unsaturated/α-hetero) is 1. The highest BCUT2D eigenvalue weighted by atomic mass is 16.6. The van der Waals surface area contributed by atoms with Crippen LogP contribution in [0.15, 0.2) is 0 Å². The Bertz CT molecular complexity index is 292. The topological polar surface area (TPSA) is 102 Å². The number of nitrogens with one attached hydrogen (secondary N) is 1. The highest BCUT2D eigenvalue weighted by Crippen LogP contribution is 1.98.